The Morgan fingerprint density at radius 3 is 2.47 bits per heavy atom. The molecule has 1 aromatic rings. The van der Waals surface area contributed by atoms with Gasteiger partial charge in [-0.2, -0.15) is 0 Å². The van der Waals surface area contributed by atoms with E-state index in [1.54, 1.807) is 0 Å². The number of Topliss-reactive ketones (excluding diaryl/α,β-unsaturated/α-hetero) is 1. The first kappa shape index (κ1) is 11.9. The topological polar surface area (TPSA) is 43.1 Å². The lowest BCUT2D eigenvalue weighted by atomic mass is 9.79. The van der Waals surface area contributed by atoms with Crippen LogP contribution in [0.2, 0.25) is 0 Å². The number of hydrogen-bond acceptors (Lipinski definition) is 2. The predicted octanol–water partition coefficient (Wildman–Crippen LogP) is 2.55. The number of rotatable bonds is 4. The number of hydrogen-bond donors (Lipinski definition) is 1. The van der Waals surface area contributed by atoms with E-state index >= 15 is 0 Å². The standard InChI is InChI=1S/C13H19NO/c1-4-13(3,9-14)12(15)11-8-6-5-7-10(11)2/h5-8H,4,9,14H2,1-3H3. The first-order chi connectivity index (χ1) is 7.05. The lowest BCUT2D eigenvalue weighted by Gasteiger charge is -2.25. The van der Waals surface area contributed by atoms with E-state index in [0.29, 0.717) is 6.54 Å². The summed E-state index contributed by atoms with van der Waals surface area (Å²) in [6.07, 6.45) is 0.774. The van der Waals surface area contributed by atoms with Crippen molar-refractivity contribution in [1.29, 1.82) is 0 Å². The Bertz CT molecular complexity index is 353. The van der Waals surface area contributed by atoms with Crippen molar-refractivity contribution >= 4 is 5.78 Å². The van der Waals surface area contributed by atoms with Crippen LogP contribution in [0.5, 0.6) is 0 Å². The summed E-state index contributed by atoms with van der Waals surface area (Å²) in [5.74, 6) is 0.158. The second kappa shape index (κ2) is 4.58. The van der Waals surface area contributed by atoms with E-state index in [4.69, 9.17) is 5.73 Å². The number of carbonyl (C=O) groups is 1. The Kier molecular flexibility index (Phi) is 3.64. The zero-order chi connectivity index (χ0) is 11.5. The van der Waals surface area contributed by atoms with E-state index in [0.717, 1.165) is 17.5 Å². The van der Waals surface area contributed by atoms with Gasteiger partial charge in [-0.1, -0.05) is 38.1 Å². The van der Waals surface area contributed by atoms with Crippen LogP contribution in [0.4, 0.5) is 0 Å². The van der Waals surface area contributed by atoms with Crippen LogP contribution in [-0.4, -0.2) is 12.3 Å². The fraction of sp³-hybridized carbons (Fsp3) is 0.462. The van der Waals surface area contributed by atoms with Gasteiger partial charge in [0.25, 0.3) is 0 Å². The molecule has 0 aromatic heterocycles. The third-order valence-corrected chi connectivity index (χ3v) is 3.17. The van der Waals surface area contributed by atoms with Gasteiger partial charge in [-0.3, -0.25) is 4.79 Å². The van der Waals surface area contributed by atoms with Crippen molar-refractivity contribution in [2.24, 2.45) is 11.1 Å². The molecule has 1 aromatic carbocycles. The van der Waals surface area contributed by atoms with E-state index < -0.39 is 5.41 Å². The SMILES string of the molecule is CCC(C)(CN)C(=O)c1ccccc1C. The van der Waals surface area contributed by atoms with Crippen LogP contribution in [0.1, 0.15) is 36.2 Å². The molecule has 0 aliphatic heterocycles. The highest BCUT2D eigenvalue weighted by Gasteiger charge is 2.30. The maximum atomic E-state index is 12.3. The fourth-order valence-electron chi connectivity index (χ4n) is 1.55. The number of benzene rings is 1. The monoisotopic (exact) mass is 205 g/mol. The Balaban J connectivity index is 3.09. The quantitative estimate of drug-likeness (QED) is 0.768. The molecule has 0 amide bonds. The van der Waals surface area contributed by atoms with Crippen molar-refractivity contribution in [3.63, 3.8) is 0 Å². The van der Waals surface area contributed by atoms with Gasteiger partial charge in [0.15, 0.2) is 5.78 Å². The van der Waals surface area contributed by atoms with Crippen LogP contribution in [0, 0.1) is 12.3 Å². The first-order valence-electron chi connectivity index (χ1n) is 5.35. The normalized spacial score (nSPS) is 14.7. The Hall–Kier alpha value is -1.15. The van der Waals surface area contributed by atoms with Crippen molar-refractivity contribution in [2.75, 3.05) is 6.54 Å². The van der Waals surface area contributed by atoms with Gasteiger partial charge in [0.05, 0.1) is 0 Å². The maximum absolute atomic E-state index is 12.3. The van der Waals surface area contributed by atoms with Crippen LogP contribution in [0.25, 0.3) is 0 Å². The van der Waals surface area contributed by atoms with Crippen molar-refractivity contribution in [2.45, 2.75) is 27.2 Å². The van der Waals surface area contributed by atoms with Crippen LogP contribution in [0.3, 0.4) is 0 Å². The van der Waals surface area contributed by atoms with Crippen molar-refractivity contribution in [1.82, 2.24) is 0 Å². The maximum Gasteiger partial charge on any atom is 0.170 e. The Morgan fingerprint density at radius 1 is 1.40 bits per heavy atom. The van der Waals surface area contributed by atoms with Gasteiger partial charge < -0.3 is 5.73 Å². The highest BCUT2D eigenvalue weighted by molar-refractivity contribution is 6.01. The zero-order valence-corrected chi connectivity index (χ0v) is 9.71. The zero-order valence-electron chi connectivity index (χ0n) is 9.71. The summed E-state index contributed by atoms with van der Waals surface area (Å²) < 4.78 is 0. The Labute approximate surface area is 91.5 Å². The van der Waals surface area contributed by atoms with Gasteiger partial charge in [0.1, 0.15) is 0 Å². The van der Waals surface area contributed by atoms with Crippen LogP contribution in [-0.2, 0) is 0 Å². The molecule has 0 bridgehead atoms. The van der Waals surface area contributed by atoms with E-state index in [1.165, 1.54) is 0 Å². The van der Waals surface area contributed by atoms with Gasteiger partial charge in [-0.15, -0.1) is 0 Å². The molecule has 1 atom stereocenters. The van der Waals surface area contributed by atoms with E-state index in [9.17, 15) is 4.79 Å². The summed E-state index contributed by atoms with van der Waals surface area (Å²) in [7, 11) is 0. The van der Waals surface area contributed by atoms with Crippen LogP contribution < -0.4 is 5.73 Å². The number of carbonyl (C=O) groups excluding carboxylic acids is 1. The Morgan fingerprint density at radius 2 is 2.00 bits per heavy atom. The molecule has 1 unspecified atom stereocenters. The molecule has 2 N–H and O–H groups in total. The molecule has 0 saturated carbocycles. The second-order valence-electron chi connectivity index (χ2n) is 4.26. The molecule has 0 aliphatic rings. The second-order valence-corrected chi connectivity index (χ2v) is 4.26. The summed E-state index contributed by atoms with van der Waals surface area (Å²) in [4.78, 5) is 12.3. The summed E-state index contributed by atoms with van der Waals surface area (Å²) in [6.45, 7) is 6.29. The fourth-order valence-corrected chi connectivity index (χ4v) is 1.55. The largest absolute Gasteiger partial charge is 0.329 e. The number of aryl methyl sites for hydroxylation is 1. The smallest absolute Gasteiger partial charge is 0.170 e. The molecular weight excluding hydrogens is 186 g/mol. The highest BCUT2D eigenvalue weighted by atomic mass is 16.1. The highest BCUT2D eigenvalue weighted by Crippen LogP contribution is 2.26. The summed E-state index contributed by atoms with van der Waals surface area (Å²) in [5, 5.41) is 0. The minimum absolute atomic E-state index is 0.158. The summed E-state index contributed by atoms with van der Waals surface area (Å²) >= 11 is 0. The molecule has 2 heteroatoms. The molecule has 1 rings (SSSR count). The molecule has 0 saturated heterocycles. The van der Waals surface area contributed by atoms with Crippen molar-refractivity contribution < 1.29 is 4.79 Å². The van der Waals surface area contributed by atoms with Crippen LogP contribution in [0.15, 0.2) is 24.3 Å². The van der Waals surface area contributed by atoms with Crippen molar-refractivity contribution in [3.8, 4) is 0 Å². The number of nitrogens with two attached hydrogens (primary N) is 1. The van der Waals surface area contributed by atoms with E-state index in [-0.39, 0.29) is 5.78 Å². The van der Waals surface area contributed by atoms with Gasteiger partial charge in [0.2, 0.25) is 0 Å². The number of ketones is 1. The van der Waals surface area contributed by atoms with Gasteiger partial charge in [-0.05, 0) is 18.9 Å². The molecule has 82 valence electrons. The molecule has 0 spiro atoms. The lowest BCUT2D eigenvalue weighted by Crippen LogP contribution is -2.35. The average Bonchev–Trinajstić information content (AvgIpc) is 2.28. The molecule has 0 radical (unpaired) electrons. The molecule has 15 heavy (non-hydrogen) atoms. The predicted molar refractivity (Wildman–Crippen MR) is 63.0 cm³/mol. The third-order valence-electron chi connectivity index (χ3n) is 3.17. The van der Waals surface area contributed by atoms with Gasteiger partial charge in [-0.25, -0.2) is 0 Å². The average molecular weight is 205 g/mol. The molecule has 0 aliphatic carbocycles. The third kappa shape index (κ3) is 2.26. The molecular formula is C13H19NO. The first-order valence-corrected chi connectivity index (χ1v) is 5.35. The molecule has 0 fully saturated rings. The van der Waals surface area contributed by atoms with Crippen LogP contribution >= 0.6 is 0 Å². The molecule has 2 nitrogen and oxygen atoms in total. The van der Waals surface area contributed by atoms with E-state index in [1.807, 2.05) is 45.0 Å². The van der Waals surface area contributed by atoms with Gasteiger partial charge in [0, 0.05) is 17.5 Å². The van der Waals surface area contributed by atoms with Crippen molar-refractivity contribution in [3.05, 3.63) is 35.4 Å². The summed E-state index contributed by atoms with van der Waals surface area (Å²) in [5.41, 5.74) is 7.08. The van der Waals surface area contributed by atoms with E-state index in [2.05, 4.69) is 0 Å². The minimum atomic E-state index is -0.424. The minimum Gasteiger partial charge on any atom is -0.329 e. The summed E-state index contributed by atoms with van der Waals surface area (Å²) in [6, 6.07) is 7.67. The van der Waals surface area contributed by atoms with Gasteiger partial charge >= 0.3 is 0 Å². The lowest BCUT2D eigenvalue weighted by molar-refractivity contribution is 0.0819. The molecule has 0 heterocycles.